The molecule has 0 saturated carbocycles. The Bertz CT molecular complexity index is 985. The summed E-state index contributed by atoms with van der Waals surface area (Å²) >= 11 is 0. The molecule has 0 amide bonds. The van der Waals surface area contributed by atoms with Gasteiger partial charge >= 0.3 is 6.18 Å². The Morgan fingerprint density at radius 2 is 1.96 bits per heavy atom. The molecule has 0 saturated heterocycles. The molecule has 0 aliphatic heterocycles. The van der Waals surface area contributed by atoms with E-state index < -0.39 is 17.7 Å². The Labute approximate surface area is 139 Å². The third-order valence-corrected chi connectivity index (χ3v) is 3.66. The summed E-state index contributed by atoms with van der Waals surface area (Å²) in [6.07, 6.45) is -4.61. The molecule has 3 aromatic rings. The van der Waals surface area contributed by atoms with Gasteiger partial charge in [-0.05, 0) is 24.3 Å². The molecule has 1 aromatic carbocycles. The van der Waals surface area contributed by atoms with Gasteiger partial charge in [-0.25, -0.2) is 14.4 Å². The number of hydrogen-bond donors (Lipinski definition) is 1. The van der Waals surface area contributed by atoms with Crippen LogP contribution in [0.1, 0.15) is 17.1 Å². The molecular formula is C16H11F4N5. The predicted molar refractivity (Wildman–Crippen MR) is 82.0 cm³/mol. The van der Waals surface area contributed by atoms with Gasteiger partial charge in [-0.1, -0.05) is 0 Å². The number of pyridine rings is 1. The molecule has 0 fully saturated rings. The van der Waals surface area contributed by atoms with E-state index in [1.54, 1.807) is 23.8 Å². The maximum absolute atomic E-state index is 13.3. The molecule has 128 valence electrons. The van der Waals surface area contributed by atoms with Crippen LogP contribution in [0.3, 0.4) is 0 Å². The highest BCUT2D eigenvalue weighted by molar-refractivity contribution is 5.76. The first-order valence-corrected chi connectivity index (χ1v) is 7.12. The van der Waals surface area contributed by atoms with Crippen molar-refractivity contribution in [2.24, 2.45) is 7.05 Å². The number of nitrogens with zero attached hydrogens (tertiary/aromatic N) is 4. The number of rotatable bonds is 3. The van der Waals surface area contributed by atoms with Gasteiger partial charge in [-0.3, -0.25) is 0 Å². The standard InChI is InChI=1S/C16H11F4N5/c1-25-12-4-3-10(17)6-11(12)23-14(25)8-22-15-9(7-21)2-5-13(24-15)16(18,19)20/h2-6H,8H2,1H3,(H,22,24). The fourth-order valence-electron chi connectivity index (χ4n) is 2.39. The molecule has 0 aliphatic rings. The quantitative estimate of drug-likeness (QED) is 0.734. The smallest absolute Gasteiger partial charge is 0.362 e. The number of imidazole rings is 1. The maximum atomic E-state index is 13.3. The van der Waals surface area contributed by atoms with Crippen LogP contribution in [0.2, 0.25) is 0 Å². The lowest BCUT2D eigenvalue weighted by Crippen LogP contribution is -2.13. The summed E-state index contributed by atoms with van der Waals surface area (Å²) in [5.74, 6) is -0.157. The van der Waals surface area contributed by atoms with E-state index >= 15 is 0 Å². The van der Waals surface area contributed by atoms with Gasteiger partial charge in [0.15, 0.2) is 0 Å². The molecule has 0 aliphatic carbocycles. The lowest BCUT2D eigenvalue weighted by Gasteiger charge is -2.11. The highest BCUT2D eigenvalue weighted by atomic mass is 19.4. The molecular weight excluding hydrogens is 338 g/mol. The molecule has 0 radical (unpaired) electrons. The minimum absolute atomic E-state index is 0.0159. The summed E-state index contributed by atoms with van der Waals surface area (Å²) < 4.78 is 53.3. The molecule has 0 bridgehead atoms. The lowest BCUT2D eigenvalue weighted by atomic mass is 10.2. The van der Waals surface area contributed by atoms with Crippen molar-refractivity contribution in [2.45, 2.75) is 12.7 Å². The van der Waals surface area contributed by atoms with Crippen molar-refractivity contribution in [3.8, 4) is 6.07 Å². The van der Waals surface area contributed by atoms with Crippen molar-refractivity contribution in [3.05, 3.63) is 53.2 Å². The summed E-state index contributed by atoms with van der Waals surface area (Å²) in [5, 5.41) is 11.7. The van der Waals surface area contributed by atoms with E-state index in [-0.39, 0.29) is 17.9 Å². The Hall–Kier alpha value is -3.15. The number of fused-ring (bicyclic) bond motifs is 1. The predicted octanol–water partition coefficient (Wildman–Crippen LogP) is 3.61. The van der Waals surface area contributed by atoms with Crippen LogP contribution in [0.4, 0.5) is 23.4 Å². The van der Waals surface area contributed by atoms with E-state index in [2.05, 4.69) is 15.3 Å². The van der Waals surface area contributed by atoms with E-state index in [0.717, 1.165) is 12.1 Å². The van der Waals surface area contributed by atoms with Gasteiger partial charge in [0, 0.05) is 13.1 Å². The van der Waals surface area contributed by atoms with Crippen molar-refractivity contribution < 1.29 is 17.6 Å². The number of hydrogen-bond acceptors (Lipinski definition) is 4. The second-order valence-corrected chi connectivity index (χ2v) is 5.28. The third-order valence-electron chi connectivity index (χ3n) is 3.66. The second-order valence-electron chi connectivity index (χ2n) is 5.28. The van der Waals surface area contributed by atoms with Gasteiger partial charge in [0.2, 0.25) is 0 Å². The Kier molecular flexibility index (Phi) is 4.04. The Morgan fingerprint density at radius 1 is 1.20 bits per heavy atom. The molecule has 9 heteroatoms. The summed E-state index contributed by atoms with van der Waals surface area (Å²) in [5.41, 5.74) is -0.00797. The molecule has 2 heterocycles. The van der Waals surface area contributed by atoms with Crippen molar-refractivity contribution in [3.63, 3.8) is 0 Å². The van der Waals surface area contributed by atoms with Gasteiger partial charge in [-0.2, -0.15) is 18.4 Å². The molecule has 1 N–H and O–H groups in total. The normalized spacial score (nSPS) is 11.5. The summed E-state index contributed by atoms with van der Waals surface area (Å²) in [7, 11) is 1.70. The van der Waals surface area contributed by atoms with Crippen LogP contribution in [0, 0.1) is 17.1 Å². The fourth-order valence-corrected chi connectivity index (χ4v) is 2.39. The molecule has 2 aromatic heterocycles. The SMILES string of the molecule is Cn1c(CNc2nc(C(F)(F)F)ccc2C#N)nc2cc(F)ccc21. The topological polar surface area (TPSA) is 66.5 Å². The highest BCUT2D eigenvalue weighted by Crippen LogP contribution is 2.29. The molecule has 0 atom stereocenters. The van der Waals surface area contributed by atoms with Crippen LogP contribution in [-0.2, 0) is 19.8 Å². The van der Waals surface area contributed by atoms with Crippen LogP contribution in [0.5, 0.6) is 0 Å². The minimum atomic E-state index is -4.61. The summed E-state index contributed by atoms with van der Waals surface area (Å²) in [4.78, 5) is 7.71. The molecule has 25 heavy (non-hydrogen) atoms. The number of alkyl halides is 3. The number of aryl methyl sites for hydroxylation is 1. The number of benzene rings is 1. The first kappa shape index (κ1) is 16.7. The Balaban J connectivity index is 1.91. The van der Waals surface area contributed by atoms with E-state index in [4.69, 9.17) is 5.26 Å². The number of nitrogens with one attached hydrogen (secondary N) is 1. The van der Waals surface area contributed by atoms with Gasteiger partial charge in [-0.15, -0.1) is 0 Å². The van der Waals surface area contributed by atoms with Crippen molar-refractivity contribution in [1.82, 2.24) is 14.5 Å². The maximum Gasteiger partial charge on any atom is 0.433 e. The van der Waals surface area contributed by atoms with Crippen LogP contribution in [0.15, 0.2) is 30.3 Å². The van der Waals surface area contributed by atoms with Gasteiger partial charge in [0.25, 0.3) is 0 Å². The molecule has 5 nitrogen and oxygen atoms in total. The van der Waals surface area contributed by atoms with Crippen molar-refractivity contribution in [2.75, 3.05) is 5.32 Å². The number of aromatic nitrogens is 3. The largest absolute Gasteiger partial charge is 0.433 e. The average molecular weight is 349 g/mol. The molecule has 0 spiro atoms. The van der Waals surface area contributed by atoms with Crippen LogP contribution < -0.4 is 5.32 Å². The van der Waals surface area contributed by atoms with E-state index in [1.165, 1.54) is 12.1 Å². The lowest BCUT2D eigenvalue weighted by molar-refractivity contribution is -0.141. The zero-order valence-corrected chi connectivity index (χ0v) is 12.9. The fraction of sp³-hybridized carbons (Fsp3) is 0.188. The highest BCUT2D eigenvalue weighted by Gasteiger charge is 2.33. The van der Waals surface area contributed by atoms with Crippen molar-refractivity contribution in [1.29, 1.82) is 5.26 Å². The first-order valence-electron chi connectivity index (χ1n) is 7.12. The number of nitriles is 1. The molecule has 0 unspecified atom stereocenters. The summed E-state index contributed by atoms with van der Waals surface area (Å²) in [6.45, 7) is 0.0236. The van der Waals surface area contributed by atoms with E-state index in [9.17, 15) is 17.6 Å². The van der Waals surface area contributed by atoms with E-state index in [0.29, 0.717) is 16.9 Å². The van der Waals surface area contributed by atoms with Crippen LogP contribution >= 0.6 is 0 Å². The van der Waals surface area contributed by atoms with Crippen LogP contribution in [-0.4, -0.2) is 14.5 Å². The zero-order chi connectivity index (χ0) is 18.2. The Morgan fingerprint density at radius 3 is 2.64 bits per heavy atom. The number of anilines is 1. The van der Waals surface area contributed by atoms with E-state index in [1.807, 2.05) is 0 Å². The van der Waals surface area contributed by atoms with Gasteiger partial charge in [0.1, 0.15) is 29.2 Å². The van der Waals surface area contributed by atoms with Crippen molar-refractivity contribution >= 4 is 16.9 Å². The van der Waals surface area contributed by atoms with Gasteiger partial charge < -0.3 is 9.88 Å². The third kappa shape index (κ3) is 3.24. The number of halogens is 4. The second kappa shape index (κ2) is 6.05. The van der Waals surface area contributed by atoms with Gasteiger partial charge in [0.05, 0.1) is 23.1 Å². The minimum Gasteiger partial charge on any atom is -0.362 e. The zero-order valence-electron chi connectivity index (χ0n) is 12.9. The average Bonchev–Trinajstić information content (AvgIpc) is 2.87. The summed E-state index contributed by atoms with van der Waals surface area (Å²) in [6, 6.07) is 7.72. The monoisotopic (exact) mass is 349 g/mol. The molecule has 3 rings (SSSR count). The first-order chi connectivity index (χ1) is 11.8. The van der Waals surface area contributed by atoms with Crippen LogP contribution in [0.25, 0.3) is 11.0 Å².